The monoisotopic (exact) mass is 433 g/mol. The van der Waals surface area contributed by atoms with Gasteiger partial charge in [-0.25, -0.2) is 9.48 Å². The van der Waals surface area contributed by atoms with Gasteiger partial charge in [0, 0.05) is 17.5 Å². The minimum absolute atomic E-state index is 0.0312. The second kappa shape index (κ2) is 9.34. The minimum Gasteiger partial charge on any atom is -0.451 e. The summed E-state index contributed by atoms with van der Waals surface area (Å²) in [5, 5.41) is 5.12. The molecule has 2 atom stereocenters. The lowest BCUT2D eigenvalue weighted by atomic mass is 9.97. The smallest absolute Gasteiger partial charge is 0.359 e. The summed E-state index contributed by atoms with van der Waals surface area (Å²) in [4.78, 5) is 40.5. The summed E-state index contributed by atoms with van der Waals surface area (Å²) >= 11 is 0. The van der Waals surface area contributed by atoms with Gasteiger partial charge in [-0.1, -0.05) is 48.5 Å². The molecule has 1 saturated heterocycles. The van der Waals surface area contributed by atoms with Crippen molar-refractivity contribution in [3.63, 3.8) is 0 Å². The Morgan fingerprint density at radius 2 is 1.59 bits per heavy atom. The van der Waals surface area contributed by atoms with Crippen LogP contribution in [0.4, 0.5) is 0 Å². The number of likely N-dealkylation sites (tertiary alicyclic amines) is 1. The van der Waals surface area contributed by atoms with E-state index in [2.05, 4.69) is 5.10 Å². The third-order valence-electron chi connectivity index (χ3n) is 6.04. The summed E-state index contributed by atoms with van der Waals surface area (Å²) in [5.41, 5.74) is 0.636. The zero-order valence-corrected chi connectivity index (χ0v) is 18.4. The highest BCUT2D eigenvalue weighted by atomic mass is 16.5. The molecule has 1 fully saturated rings. The van der Waals surface area contributed by atoms with Crippen LogP contribution in [-0.4, -0.2) is 45.2 Å². The molecule has 32 heavy (non-hydrogen) atoms. The third kappa shape index (κ3) is 4.42. The third-order valence-corrected chi connectivity index (χ3v) is 6.04. The second-order valence-corrected chi connectivity index (χ2v) is 8.35. The first-order valence-corrected chi connectivity index (χ1v) is 11.0. The van der Waals surface area contributed by atoms with Gasteiger partial charge in [0.2, 0.25) is 0 Å². The maximum atomic E-state index is 13.0. The highest BCUT2D eigenvalue weighted by molar-refractivity contribution is 6.02. The Hall–Kier alpha value is -3.48. The lowest BCUT2D eigenvalue weighted by Gasteiger charge is -2.38. The molecule has 166 valence electrons. The number of esters is 1. The molecule has 1 aliphatic heterocycles. The second-order valence-electron chi connectivity index (χ2n) is 8.35. The molecule has 0 N–H and O–H groups in total. The van der Waals surface area contributed by atoms with Crippen LogP contribution in [0.15, 0.2) is 59.4 Å². The Kier molecular flexibility index (Phi) is 6.35. The van der Waals surface area contributed by atoms with Gasteiger partial charge in [-0.05, 0) is 44.7 Å². The van der Waals surface area contributed by atoms with E-state index in [9.17, 15) is 14.4 Å². The quantitative estimate of drug-likeness (QED) is 0.576. The van der Waals surface area contributed by atoms with E-state index >= 15 is 0 Å². The fraction of sp³-hybridized carbons (Fsp3) is 0.360. The van der Waals surface area contributed by atoms with Gasteiger partial charge in [0.15, 0.2) is 12.3 Å². The molecule has 1 aliphatic rings. The average Bonchev–Trinajstić information content (AvgIpc) is 2.80. The molecular formula is C25H27N3O4. The standard InChI is InChI=1S/C25H27N3O4/c1-17-9-8-10-18(2)28(17)22(29)16-32-25(31)23-20-13-6-7-14-21(20)24(30)27(26-23)15-19-11-4-3-5-12-19/h3-7,11-14,17-18H,8-10,15-16H2,1-2H3. The van der Waals surface area contributed by atoms with Crippen LogP contribution in [0.2, 0.25) is 0 Å². The number of amides is 1. The normalized spacial score (nSPS) is 18.5. The number of nitrogens with zero attached hydrogens (tertiary/aromatic N) is 3. The molecule has 0 radical (unpaired) electrons. The summed E-state index contributed by atoms with van der Waals surface area (Å²) < 4.78 is 6.65. The number of hydrogen-bond acceptors (Lipinski definition) is 5. The molecule has 2 aromatic carbocycles. The Morgan fingerprint density at radius 3 is 2.28 bits per heavy atom. The first kappa shape index (κ1) is 21.7. The van der Waals surface area contributed by atoms with Crippen molar-refractivity contribution in [2.24, 2.45) is 0 Å². The highest BCUT2D eigenvalue weighted by Gasteiger charge is 2.30. The van der Waals surface area contributed by atoms with Crippen LogP contribution in [0.5, 0.6) is 0 Å². The van der Waals surface area contributed by atoms with Crippen molar-refractivity contribution in [2.45, 2.75) is 51.7 Å². The molecule has 7 heteroatoms. The van der Waals surface area contributed by atoms with Crippen LogP contribution < -0.4 is 5.56 Å². The average molecular weight is 434 g/mol. The van der Waals surface area contributed by atoms with E-state index in [0.29, 0.717) is 10.8 Å². The van der Waals surface area contributed by atoms with Crippen molar-refractivity contribution < 1.29 is 14.3 Å². The first-order chi connectivity index (χ1) is 15.5. The van der Waals surface area contributed by atoms with Gasteiger partial charge < -0.3 is 9.64 Å². The van der Waals surface area contributed by atoms with E-state index in [1.807, 2.05) is 44.2 Å². The van der Waals surface area contributed by atoms with E-state index in [1.165, 1.54) is 4.68 Å². The van der Waals surface area contributed by atoms with Crippen molar-refractivity contribution in [3.05, 3.63) is 76.2 Å². The number of carbonyl (C=O) groups is 2. The van der Waals surface area contributed by atoms with Crippen molar-refractivity contribution in [1.29, 1.82) is 0 Å². The van der Waals surface area contributed by atoms with Crippen LogP contribution in [-0.2, 0) is 16.1 Å². The molecule has 0 spiro atoms. The SMILES string of the molecule is CC1CCCC(C)N1C(=O)COC(=O)c1nn(Cc2ccccc2)c(=O)c2ccccc12. The number of ether oxygens (including phenoxy) is 1. The van der Waals surface area contributed by atoms with Crippen LogP contribution in [0.1, 0.15) is 49.2 Å². The molecule has 4 rings (SSSR count). The summed E-state index contributed by atoms with van der Waals surface area (Å²) in [5.74, 6) is -0.923. The number of piperidine rings is 1. The summed E-state index contributed by atoms with van der Waals surface area (Å²) in [6, 6.07) is 16.5. The van der Waals surface area contributed by atoms with Gasteiger partial charge in [0.1, 0.15) is 0 Å². The maximum Gasteiger partial charge on any atom is 0.359 e. The van der Waals surface area contributed by atoms with Crippen LogP contribution >= 0.6 is 0 Å². The molecule has 7 nitrogen and oxygen atoms in total. The van der Waals surface area contributed by atoms with E-state index in [4.69, 9.17) is 4.74 Å². The number of fused-ring (bicyclic) bond motifs is 1. The highest BCUT2D eigenvalue weighted by Crippen LogP contribution is 2.23. The van der Waals surface area contributed by atoms with Crippen molar-refractivity contribution in [2.75, 3.05) is 6.61 Å². The lowest BCUT2D eigenvalue weighted by Crippen LogP contribution is -2.49. The largest absolute Gasteiger partial charge is 0.451 e. The van der Waals surface area contributed by atoms with E-state index in [0.717, 1.165) is 24.8 Å². The molecule has 1 aromatic heterocycles. The predicted octanol–water partition coefficient (Wildman–Crippen LogP) is 3.39. The molecular weight excluding hydrogens is 406 g/mol. The van der Waals surface area contributed by atoms with Gasteiger partial charge in [-0.15, -0.1) is 0 Å². The molecule has 2 unspecified atom stereocenters. The van der Waals surface area contributed by atoms with Crippen molar-refractivity contribution >= 4 is 22.6 Å². The molecule has 0 saturated carbocycles. The molecule has 0 bridgehead atoms. The fourth-order valence-electron chi connectivity index (χ4n) is 4.43. The molecule has 2 heterocycles. The van der Waals surface area contributed by atoms with Gasteiger partial charge in [-0.3, -0.25) is 9.59 Å². The van der Waals surface area contributed by atoms with Crippen molar-refractivity contribution in [1.82, 2.24) is 14.7 Å². The maximum absolute atomic E-state index is 13.0. The van der Waals surface area contributed by atoms with Gasteiger partial charge in [0.05, 0.1) is 11.9 Å². The summed E-state index contributed by atoms with van der Waals surface area (Å²) in [6.07, 6.45) is 2.98. The molecule has 0 aliphatic carbocycles. The van der Waals surface area contributed by atoms with Crippen LogP contribution in [0.3, 0.4) is 0 Å². The first-order valence-electron chi connectivity index (χ1n) is 11.0. The minimum atomic E-state index is -0.714. The number of rotatable bonds is 5. The van der Waals surface area contributed by atoms with Crippen LogP contribution in [0, 0.1) is 0 Å². The van der Waals surface area contributed by atoms with E-state index < -0.39 is 5.97 Å². The summed E-state index contributed by atoms with van der Waals surface area (Å²) in [7, 11) is 0. The van der Waals surface area contributed by atoms with Crippen LogP contribution in [0.25, 0.3) is 10.8 Å². The van der Waals surface area contributed by atoms with Crippen molar-refractivity contribution in [3.8, 4) is 0 Å². The molecule has 1 amide bonds. The number of aromatic nitrogens is 2. The van der Waals surface area contributed by atoms with Gasteiger partial charge in [-0.2, -0.15) is 5.10 Å². The van der Waals surface area contributed by atoms with Gasteiger partial charge >= 0.3 is 5.97 Å². The Morgan fingerprint density at radius 1 is 0.969 bits per heavy atom. The zero-order chi connectivity index (χ0) is 22.7. The van der Waals surface area contributed by atoms with E-state index in [1.54, 1.807) is 29.2 Å². The number of hydrogen-bond donors (Lipinski definition) is 0. The fourth-order valence-corrected chi connectivity index (χ4v) is 4.43. The lowest BCUT2D eigenvalue weighted by molar-refractivity contribution is -0.140. The number of benzene rings is 2. The molecule has 3 aromatic rings. The zero-order valence-electron chi connectivity index (χ0n) is 18.4. The Labute approximate surface area is 186 Å². The predicted molar refractivity (Wildman–Crippen MR) is 121 cm³/mol. The summed E-state index contributed by atoms with van der Waals surface area (Å²) in [6.45, 7) is 3.92. The topological polar surface area (TPSA) is 81.5 Å². The van der Waals surface area contributed by atoms with Gasteiger partial charge in [0.25, 0.3) is 11.5 Å². The Balaban J connectivity index is 1.60. The van der Waals surface area contributed by atoms with E-state index in [-0.39, 0.29) is 42.4 Å². The Bertz CT molecular complexity index is 1180. The number of carbonyl (C=O) groups excluding carboxylic acids is 2.